The SMILES string of the molecule is CC(C)(C)C(=[OH+])/C=C(\O)C(C)(C)C.[Cu]. The summed E-state index contributed by atoms with van der Waals surface area (Å²) in [5.74, 6) is 0.417. The summed E-state index contributed by atoms with van der Waals surface area (Å²) in [6.45, 7) is 11.4. The number of rotatable bonds is 1. The summed E-state index contributed by atoms with van der Waals surface area (Å²) in [5, 5.41) is 9.60. The van der Waals surface area contributed by atoms with Crippen molar-refractivity contribution >= 4 is 5.78 Å². The van der Waals surface area contributed by atoms with E-state index >= 15 is 0 Å². The molecule has 1 radical (unpaired) electrons. The Morgan fingerprint density at radius 2 is 1.36 bits per heavy atom. The molecule has 2 nitrogen and oxygen atoms in total. The van der Waals surface area contributed by atoms with Crippen LogP contribution in [-0.2, 0) is 17.1 Å². The van der Waals surface area contributed by atoms with Crippen LogP contribution in [0.1, 0.15) is 41.5 Å². The minimum absolute atomic E-state index is 0. The van der Waals surface area contributed by atoms with Gasteiger partial charge >= 0.3 is 5.78 Å². The van der Waals surface area contributed by atoms with Crippen molar-refractivity contribution < 1.29 is 27.0 Å². The van der Waals surface area contributed by atoms with Gasteiger partial charge in [0.15, 0.2) is 0 Å². The molecular weight excluding hydrogens is 228 g/mol. The van der Waals surface area contributed by atoms with E-state index in [2.05, 4.69) is 0 Å². The Labute approximate surface area is 97.3 Å². The van der Waals surface area contributed by atoms with Crippen molar-refractivity contribution in [3.05, 3.63) is 11.8 Å². The molecule has 0 aliphatic heterocycles. The van der Waals surface area contributed by atoms with Crippen LogP contribution in [0.15, 0.2) is 11.8 Å². The van der Waals surface area contributed by atoms with Gasteiger partial charge in [0, 0.05) is 22.5 Å². The van der Waals surface area contributed by atoms with E-state index in [1.165, 1.54) is 6.08 Å². The molecule has 3 heteroatoms. The van der Waals surface area contributed by atoms with Gasteiger partial charge in [-0.1, -0.05) is 20.8 Å². The van der Waals surface area contributed by atoms with Crippen LogP contribution in [0.5, 0.6) is 0 Å². The van der Waals surface area contributed by atoms with E-state index in [1.54, 1.807) is 0 Å². The average Bonchev–Trinajstić information content (AvgIpc) is 1.82. The zero-order valence-electron chi connectivity index (χ0n) is 9.77. The smallest absolute Gasteiger partial charge is 0.325 e. The van der Waals surface area contributed by atoms with E-state index in [4.69, 9.17) is 0 Å². The van der Waals surface area contributed by atoms with Gasteiger partial charge in [-0.05, 0) is 20.8 Å². The molecule has 0 aromatic rings. The van der Waals surface area contributed by atoms with Crippen LogP contribution < -0.4 is 0 Å². The average molecular weight is 249 g/mol. The first-order valence-corrected chi connectivity index (χ1v) is 4.52. The van der Waals surface area contributed by atoms with Crippen LogP contribution in [0.3, 0.4) is 0 Å². The molecular formula is C11H21CuO2+. The summed E-state index contributed by atoms with van der Waals surface area (Å²) in [4.78, 5) is 9.60. The van der Waals surface area contributed by atoms with Crippen molar-refractivity contribution in [3.63, 3.8) is 0 Å². The first kappa shape index (κ1) is 16.2. The number of aliphatic hydroxyl groups excluding tert-OH is 1. The number of carbonyl (C=O) groups excluding carboxylic acids is 1. The van der Waals surface area contributed by atoms with E-state index in [-0.39, 0.29) is 39.4 Å². The predicted molar refractivity (Wildman–Crippen MR) is 56.6 cm³/mol. The third kappa shape index (κ3) is 5.46. The first-order chi connectivity index (χ1) is 5.55. The summed E-state index contributed by atoms with van der Waals surface area (Å²) >= 11 is 0. The number of hydrogen-bond donors (Lipinski definition) is 1. The van der Waals surface area contributed by atoms with Crippen LogP contribution in [-0.4, -0.2) is 15.7 Å². The molecule has 87 valence electrons. The number of hydrogen-bond acceptors (Lipinski definition) is 1. The van der Waals surface area contributed by atoms with Gasteiger partial charge in [0.05, 0.1) is 11.5 Å². The fourth-order valence-corrected chi connectivity index (χ4v) is 0.563. The Balaban J connectivity index is 0. The van der Waals surface area contributed by atoms with Gasteiger partial charge in [-0.2, -0.15) is 0 Å². The number of allylic oxidation sites excluding steroid dienone is 2. The molecule has 0 heterocycles. The summed E-state index contributed by atoms with van der Waals surface area (Å²) in [5.41, 5.74) is -0.613. The van der Waals surface area contributed by atoms with Gasteiger partial charge in [0.2, 0.25) is 0 Å². The largest absolute Gasteiger partial charge is 0.511 e. The molecule has 0 unspecified atom stereocenters. The quantitative estimate of drug-likeness (QED) is 0.330. The maximum absolute atomic E-state index is 9.60. The topological polar surface area (TPSA) is 41.6 Å². The molecule has 0 aliphatic carbocycles. The molecule has 0 fully saturated rings. The minimum Gasteiger partial charge on any atom is -0.511 e. The maximum Gasteiger partial charge on any atom is 0.325 e. The van der Waals surface area contributed by atoms with Gasteiger partial charge in [0.1, 0.15) is 5.76 Å². The number of ketones is 1. The summed E-state index contributed by atoms with van der Waals surface area (Å²) < 4.78 is 0. The zero-order valence-corrected chi connectivity index (χ0v) is 10.7. The molecule has 0 saturated carbocycles. The summed E-state index contributed by atoms with van der Waals surface area (Å²) in [6, 6.07) is 0. The van der Waals surface area contributed by atoms with Crippen molar-refractivity contribution in [3.8, 4) is 0 Å². The molecule has 0 bridgehead atoms. The van der Waals surface area contributed by atoms with E-state index < -0.39 is 0 Å². The molecule has 0 atom stereocenters. The second-order valence-corrected chi connectivity index (χ2v) is 5.41. The Bertz CT molecular complexity index is 229. The fraction of sp³-hybridized carbons (Fsp3) is 0.727. The maximum atomic E-state index is 9.60. The van der Waals surface area contributed by atoms with Gasteiger partial charge in [0.25, 0.3) is 0 Å². The molecule has 0 amide bonds. The van der Waals surface area contributed by atoms with E-state index in [0.717, 1.165) is 0 Å². The monoisotopic (exact) mass is 248 g/mol. The molecule has 0 aromatic carbocycles. The van der Waals surface area contributed by atoms with Gasteiger partial charge in [-0.25, -0.2) is 0 Å². The van der Waals surface area contributed by atoms with Gasteiger partial charge in [-0.15, -0.1) is 0 Å². The standard InChI is InChI=1S/C11H20O2.Cu/c1-10(2,3)8(12)7-9(13)11(4,5)6;/h7,12H,1-6H3;/p+1/b8-7-;. The molecule has 14 heavy (non-hydrogen) atoms. The Kier molecular flexibility index (Phi) is 5.77. The van der Waals surface area contributed by atoms with Crippen LogP contribution >= 0.6 is 0 Å². The normalized spacial score (nSPS) is 13.4. The second-order valence-electron chi connectivity index (χ2n) is 5.41. The van der Waals surface area contributed by atoms with Crippen LogP contribution in [0.25, 0.3) is 0 Å². The van der Waals surface area contributed by atoms with Crippen LogP contribution in [0.2, 0.25) is 0 Å². The van der Waals surface area contributed by atoms with Crippen molar-refractivity contribution in [1.82, 2.24) is 0 Å². The summed E-state index contributed by atoms with van der Waals surface area (Å²) in [7, 11) is 0. The second kappa shape index (κ2) is 4.99. The fourth-order valence-electron chi connectivity index (χ4n) is 0.563. The zero-order chi connectivity index (χ0) is 10.9. The third-order valence-electron chi connectivity index (χ3n) is 1.81. The van der Waals surface area contributed by atoms with Crippen molar-refractivity contribution in [1.29, 1.82) is 0 Å². The third-order valence-corrected chi connectivity index (χ3v) is 1.81. The van der Waals surface area contributed by atoms with Crippen LogP contribution in [0.4, 0.5) is 0 Å². The van der Waals surface area contributed by atoms with Crippen molar-refractivity contribution in [2.45, 2.75) is 41.5 Å². The van der Waals surface area contributed by atoms with Crippen molar-refractivity contribution in [2.75, 3.05) is 0 Å². The molecule has 0 aliphatic rings. The molecule has 0 aromatic heterocycles. The molecule has 0 spiro atoms. The minimum atomic E-state index is -0.306. The van der Waals surface area contributed by atoms with Gasteiger partial charge < -0.3 is 5.11 Å². The molecule has 0 rings (SSSR count). The predicted octanol–water partition coefficient (Wildman–Crippen LogP) is 3.06. The molecule has 2 N–H and O–H groups in total. The van der Waals surface area contributed by atoms with Gasteiger partial charge in [-0.3, -0.25) is 4.79 Å². The first-order valence-electron chi connectivity index (χ1n) is 4.52. The van der Waals surface area contributed by atoms with E-state index in [0.29, 0.717) is 0 Å². The van der Waals surface area contributed by atoms with E-state index in [1.807, 2.05) is 41.5 Å². The Hall–Kier alpha value is -0.271. The Morgan fingerprint density at radius 1 is 1.00 bits per heavy atom. The number of aliphatic hydroxyl groups is 1. The van der Waals surface area contributed by atoms with E-state index in [9.17, 15) is 9.90 Å². The molecule has 0 saturated heterocycles. The van der Waals surface area contributed by atoms with Crippen molar-refractivity contribution in [2.24, 2.45) is 10.8 Å². The Morgan fingerprint density at radius 3 is 1.57 bits per heavy atom. The van der Waals surface area contributed by atoms with Crippen LogP contribution in [0, 0.1) is 10.8 Å². The summed E-state index contributed by atoms with van der Waals surface area (Å²) in [6.07, 6.45) is 1.44.